The summed E-state index contributed by atoms with van der Waals surface area (Å²) in [6.45, 7) is 2.32. The van der Waals surface area contributed by atoms with E-state index in [-0.39, 0.29) is 37.2 Å². The lowest BCUT2D eigenvalue weighted by atomic mass is 10.1. The van der Waals surface area contributed by atoms with Gasteiger partial charge in [-0.05, 0) is 19.1 Å². The van der Waals surface area contributed by atoms with Crippen LogP contribution < -0.4 is 4.90 Å². The molecule has 1 atom stereocenters. The molecule has 6 heteroatoms. The summed E-state index contributed by atoms with van der Waals surface area (Å²) in [5.74, 6) is -0.751. The fourth-order valence-corrected chi connectivity index (χ4v) is 2.11. The summed E-state index contributed by atoms with van der Waals surface area (Å²) in [7, 11) is 0. The lowest BCUT2D eigenvalue weighted by molar-refractivity contribution is -0.117. The molecule has 0 bridgehead atoms. The van der Waals surface area contributed by atoms with Crippen molar-refractivity contribution in [2.75, 3.05) is 24.7 Å². The molecule has 2 heterocycles. The van der Waals surface area contributed by atoms with Gasteiger partial charge in [-0.25, -0.2) is 9.78 Å². The number of hydrogen-bond acceptors (Lipinski definition) is 5. The first kappa shape index (κ1) is 13.5. The molecule has 6 nitrogen and oxygen atoms in total. The number of rotatable bonds is 4. The van der Waals surface area contributed by atoms with E-state index in [1.807, 2.05) is 0 Å². The summed E-state index contributed by atoms with van der Waals surface area (Å²) in [6.07, 6.45) is 1.77. The summed E-state index contributed by atoms with van der Waals surface area (Å²) >= 11 is 0. The Hall–Kier alpha value is -1.95. The minimum absolute atomic E-state index is 0.0444. The van der Waals surface area contributed by atoms with E-state index >= 15 is 0 Å². The molecule has 1 fully saturated rings. The number of anilines is 1. The van der Waals surface area contributed by atoms with Crippen molar-refractivity contribution in [3.63, 3.8) is 0 Å². The van der Waals surface area contributed by atoms with Gasteiger partial charge in [0, 0.05) is 31.7 Å². The van der Waals surface area contributed by atoms with Gasteiger partial charge in [0.25, 0.3) is 0 Å². The van der Waals surface area contributed by atoms with Crippen LogP contribution in [0.4, 0.5) is 5.69 Å². The number of nitrogens with zero attached hydrogens (tertiary/aromatic N) is 2. The molecule has 102 valence electrons. The second-order valence-electron chi connectivity index (χ2n) is 4.35. The molecule has 1 aromatic rings. The van der Waals surface area contributed by atoms with Crippen molar-refractivity contribution in [1.82, 2.24) is 4.98 Å². The first-order valence-corrected chi connectivity index (χ1v) is 6.20. The van der Waals surface area contributed by atoms with Gasteiger partial charge in [-0.1, -0.05) is 0 Å². The molecule has 1 aliphatic heterocycles. The summed E-state index contributed by atoms with van der Waals surface area (Å²) in [6, 6.07) is 3.33. The Labute approximate surface area is 111 Å². The largest absolute Gasteiger partial charge is 0.461 e. The normalized spacial score (nSPS) is 18.7. The third kappa shape index (κ3) is 2.73. The Kier molecular flexibility index (Phi) is 4.11. The van der Waals surface area contributed by atoms with Gasteiger partial charge in [0.15, 0.2) is 5.69 Å². The summed E-state index contributed by atoms with van der Waals surface area (Å²) in [5, 5.41) is 9.13. The third-order valence-electron chi connectivity index (χ3n) is 3.01. The zero-order chi connectivity index (χ0) is 13.8. The lowest BCUT2D eigenvalue weighted by Gasteiger charge is -2.18. The zero-order valence-electron chi connectivity index (χ0n) is 10.7. The number of hydrogen-bond donors (Lipinski definition) is 1. The molecule has 0 radical (unpaired) electrons. The third-order valence-corrected chi connectivity index (χ3v) is 3.01. The summed E-state index contributed by atoms with van der Waals surface area (Å²) < 4.78 is 4.93. The number of aliphatic hydroxyl groups is 1. The molecule has 0 saturated carbocycles. The van der Waals surface area contributed by atoms with Crippen LogP contribution in [0.3, 0.4) is 0 Å². The molecule has 19 heavy (non-hydrogen) atoms. The SMILES string of the molecule is CCOC(=O)c1ncccc1N1CC(CO)CC1=O. The predicted molar refractivity (Wildman–Crippen MR) is 67.7 cm³/mol. The van der Waals surface area contributed by atoms with Gasteiger partial charge < -0.3 is 14.7 Å². The zero-order valence-corrected chi connectivity index (χ0v) is 10.7. The Morgan fingerprint density at radius 3 is 3.05 bits per heavy atom. The molecule has 0 spiro atoms. The van der Waals surface area contributed by atoms with Crippen LogP contribution in [0.25, 0.3) is 0 Å². The highest BCUT2D eigenvalue weighted by atomic mass is 16.5. The fraction of sp³-hybridized carbons (Fsp3) is 0.462. The molecule has 1 unspecified atom stereocenters. The van der Waals surface area contributed by atoms with Crippen LogP contribution >= 0.6 is 0 Å². The fourth-order valence-electron chi connectivity index (χ4n) is 2.11. The van der Waals surface area contributed by atoms with Gasteiger partial charge in [0.05, 0.1) is 12.3 Å². The van der Waals surface area contributed by atoms with Crippen LogP contribution in [-0.4, -0.2) is 41.7 Å². The Bertz CT molecular complexity index is 489. The first-order valence-electron chi connectivity index (χ1n) is 6.20. The second-order valence-corrected chi connectivity index (χ2v) is 4.35. The van der Waals surface area contributed by atoms with E-state index in [1.54, 1.807) is 19.1 Å². The van der Waals surface area contributed by atoms with E-state index in [9.17, 15) is 9.59 Å². The van der Waals surface area contributed by atoms with Crippen molar-refractivity contribution in [3.05, 3.63) is 24.0 Å². The lowest BCUT2D eigenvalue weighted by Crippen LogP contribution is -2.27. The summed E-state index contributed by atoms with van der Waals surface area (Å²) in [4.78, 5) is 29.2. The van der Waals surface area contributed by atoms with Gasteiger partial charge in [-0.2, -0.15) is 0 Å². The molecule has 0 aliphatic carbocycles. The second kappa shape index (κ2) is 5.79. The summed E-state index contributed by atoms with van der Waals surface area (Å²) in [5.41, 5.74) is 0.582. The van der Waals surface area contributed by atoms with Crippen LogP contribution in [0.5, 0.6) is 0 Å². The Morgan fingerprint density at radius 2 is 2.42 bits per heavy atom. The van der Waals surface area contributed by atoms with Crippen LogP contribution in [0.1, 0.15) is 23.8 Å². The topological polar surface area (TPSA) is 79.7 Å². The Balaban J connectivity index is 2.30. The van der Waals surface area contributed by atoms with Gasteiger partial charge in [0.2, 0.25) is 5.91 Å². The van der Waals surface area contributed by atoms with Crippen LogP contribution in [0, 0.1) is 5.92 Å². The van der Waals surface area contributed by atoms with Crippen LogP contribution in [-0.2, 0) is 9.53 Å². The highest BCUT2D eigenvalue weighted by molar-refractivity contribution is 6.02. The number of carbonyl (C=O) groups is 2. The number of aromatic nitrogens is 1. The van der Waals surface area contributed by atoms with Gasteiger partial charge in [0.1, 0.15) is 0 Å². The smallest absolute Gasteiger partial charge is 0.359 e. The average Bonchev–Trinajstić information content (AvgIpc) is 2.80. The van der Waals surface area contributed by atoms with Gasteiger partial charge >= 0.3 is 5.97 Å². The minimum Gasteiger partial charge on any atom is -0.461 e. The molecule has 1 N–H and O–H groups in total. The van der Waals surface area contributed by atoms with E-state index in [0.29, 0.717) is 12.2 Å². The molecular weight excluding hydrogens is 248 g/mol. The average molecular weight is 264 g/mol. The van der Waals surface area contributed by atoms with Gasteiger partial charge in [-0.3, -0.25) is 4.79 Å². The molecule has 1 aliphatic rings. The highest BCUT2D eigenvalue weighted by Crippen LogP contribution is 2.27. The molecule has 0 aromatic carbocycles. The maximum absolute atomic E-state index is 11.9. The first-order chi connectivity index (χ1) is 9.17. The molecule has 1 saturated heterocycles. The van der Waals surface area contributed by atoms with Crippen molar-refractivity contribution >= 4 is 17.6 Å². The van der Waals surface area contributed by atoms with Crippen molar-refractivity contribution < 1.29 is 19.4 Å². The highest BCUT2D eigenvalue weighted by Gasteiger charge is 2.32. The maximum atomic E-state index is 11.9. The van der Waals surface area contributed by atoms with Gasteiger partial charge in [-0.15, -0.1) is 0 Å². The van der Waals surface area contributed by atoms with Crippen LogP contribution in [0.15, 0.2) is 18.3 Å². The van der Waals surface area contributed by atoms with E-state index in [1.165, 1.54) is 11.1 Å². The van der Waals surface area contributed by atoms with Crippen molar-refractivity contribution in [3.8, 4) is 0 Å². The molecule has 2 rings (SSSR count). The monoisotopic (exact) mass is 264 g/mol. The van der Waals surface area contributed by atoms with E-state index < -0.39 is 5.97 Å². The number of ether oxygens (including phenoxy) is 1. The number of esters is 1. The molecule has 1 amide bonds. The van der Waals surface area contributed by atoms with Crippen molar-refractivity contribution in [2.45, 2.75) is 13.3 Å². The Morgan fingerprint density at radius 1 is 1.63 bits per heavy atom. The van der Waals surface area contributed by atoms with E-state index in [2.05, 4.69) is 4.98 Å². The van der Waals surface area contributed by atoms with E-state index in [0.717, 1.165) is 0 Å². The maximum Gasteiger partial charge on any atom is 0.359 e. The standard InChI is InChI=1S/C13H16N2O4/c1-2-19-13(18)12-10(4-3-5-14-12)15-7-9(8-16)6-11(15)17/h3-5,9,16H,2,6-8H2,1H3. The van der Waals surface area contributed by atoms with E-state index in [4.69, 9.17) is 9.84 Å². The van der Waals surface area contributed by atoms with Crippen LogP contribution in [0.2, 0.25) is 0 Å². The molecule has 1 aromatic heterocycles. The number of pyridine rings is 1. The minimum atomic E-state index is -0.543. The van der Waals surface area contributed by atoms with Crippen molar-refractivity contribution in [1.29, 1.82) is 0 Å². The number of aliphatic hydroxyl groups excluding tert-OH is 1. The predicted octanol–water partition coefficient (Wildman–Crippen LogP) is 0.603. The van der Waals surface area contributed by atoms with Crippen molar-refractivity contribution in [2.24, 2.45) is 5.92 Å². The quantitative estimate of drug-likeness (QED) is 0.806. The number of amides is 1. The molecular formula is C13H16N2O4. The number of carbonyl (C=O) groups excluding carboxylic acids is 2.